The zero-order valence-electron chi connectivity index (χ0n) is 9.62. The predicted molar refractivity (Wildman–Crippen MR) is 63.9 cm³/mol. The number of hydrogen-bond donors (Lipinski definition) is 1. The highest BCUT2D eigenvalue weighted by atomic mass is 35.5. The normalized spacial score (nSPS) is 10.1. The quantitative estimate of drug-likeness (QED) is 0.823. The number of Topliss-reactive ketones (excluding diaryl/α,β-unsaturated/α-hetero) is 1. The van der Waals surface area contributed by atoms with Gasteiger partial charge in [0.15, 0.2) is 5.78 Å². The number of rotatable bonds is 5. The van der Waals surface area contributed by atoms with E-state index >= 15 is 0 Å². The highest BCUT2D eigenvalue weighted by Gasteiger charge is 2.14. The number of carboxylic acid groups (broad SMARTS) is 1. The van der Waals surface area contributed by atoms with E-state index in [0.717, 1.165) is 5.56 Å². The van der Waals surface area contributed by atoms with Crippen molar-refractivity contribution in [3.63, 3.8) is 0 Å². The highest BCUT2D eigenvalue weighted by Crippen LogP contribution is 2.28. The molecule has 0 amide bonds. The van der Waals surface area contributed by atoms with Crippen LogP contribution >= 0.6 is 11.6 Å². The molecule has 1 N–H and O–H groups in total. The molecule has 0 spiro atoms. The minimum Gasteiger partial charge on any atom is -0.495 e. The summed E-state index contributed by atoms with van der Waals surface area (Å²) in [6.07, 6.45) is -0.208. The van der Waals surface area contributed by atoms with Crippen LogP contribution in [0.3, 0.4) is 0 Å². The van der Waals surface area contributed by atoms with Gasteiger partial charge in [-0.1, -0.05) is 11.6 Å². The van der Waals surface area contributed by atoms with Crippen molar-refractivity contribution in [3.05, 3.63) is 28.3 Å². The van der Waals surface area contributed by atoms with Gasteiger partial charge in [-0.15, -0.1) is 0 Å². The van der Waals surface area contributed by atoms with Crippen molar-refractivity contribution in [3.8, 4) is 5.75 Å². The highest BCUT2D eigenvalue weighted by molar-refractivity contribution is 6.32. The number of benzene rings is 1. The molecule has 92 valence electrons. The van der Waals surface area contributed by atoms with Gasteiger partial charge >= 0.3 is 5.97 Å². The molecular formula is C12H13ClO4. The summed E-state index contributed by atoms with van der Waals surface area (Å²) in [5.74, 6) is -0.719. The largest absolute Gasteiger partial charge is 0.495 e. The molecule has 0 fully saturated rings. The average Bonchev–Trinajstić information content (AvgIpc) is 2.28. The van der Waals surface area contributed by atoms with Crippen molar-refractivity contribution in [2.45, 2.75) is 19.8 Å². The van der Waals surface area contributed by atoms with Crippen LogP contribution < -0.4 is 4.74 Å². The topological polar surface area (TPSA) is 63.6 Å². The van der Waals surface area contributed by atoms with Gasteiger partial charge in [0, 0.05) is 12.0 Å². The Labute approximate surface area is 104 Å². The van der Waals surface area contributed by atoms with Crippen LogP contribution in [0.4, 0.5) is 0 Å². The molecule has 1 aromatic rings. The van der Waals surface area contributed by atoms with E-state index in [0.29, 0.717) is 16.3 Å². The molecule has 0 bridgehead atoms. The number of hydrogen-bond acceptors (Lipinski definition) is 3. The van der Waals surface area contributed by atoms with Gasteiger partial charge in [-0.2, -0.15) is 0 Å². The second-order valence-electron chi connectivity index (χ2n) is 3.62. The SMILES string of the molecule is COc1cc(C)c(C(=O)CCC(=O)O)cc1Cl. The molecule has 0 radical (unpaired) electrons. The van der Waals surface area contributed by atoms with Crippen LogP contribution in [0.2, 0.25) is 5.02 Å². The van der Waals surface area contributed by atoms with Gasteiger partial charge in [0.1, 0.15) is 5.75 Å². The number of carboxylic acids is 1. The summed E-state index contributed by atoms with van der Waals surface area (Å²) in [5, 5.41) is 8.86. The van der Waals surface area contributed by atoms with Gasteiger partial charge in [0.2, 0.25) is 0 Å². The van der Waals surface area contributed by atoms with E-state index in [4.69, 9.17) is 21.4 Å². The maximum atomic E-state index is 11.8. The molecule has 5 heteroatoms. The van der Waals surface area contributed by atoms with Crippen LogP contribution in [-0.2, 0) is 4.79 Å². The van der Waals surface area contributed by atoms with Crippen LogP contribution in [-0.4, -0.2) is 24.0 Å². The van der Waals surface area contributed by atoms with Crippen LogP contribution in [0.5, 0.6) is 5.75 Å². The second kappa shape index (κ2) is 5.68. The predicted octanol–water partition coefficient (Wildman–Crippen LogP) is 2.70. The Hall–Kier alpha value is -1.55. The summed E-state index contributed by atoms with van der Waals surface area (Å²) < 4.78 is 5.02. The van der Waals surface area contributed by atoms with Crippen molar-refractivity contribution in [2.75, 3.05) is 7.11 Å². The molecule has 17 heavy (non-hydrogen) atoms. The first-order valence-corrected chi connectivity index (χ1v) is 5.42. The smallest absolute Gasteiger partial charge is 0.303 e. The number of carbonyl (C=O) groups is 2. The molecule has 0 aliphatic rings. The van der Waals surface area contributed by atoms with Gasteiger partial charge < -0.3 is 9.84 Å². The number of ketones is 1. The zero-order chi connectivity index (χ0) is 13.0. The zero-order valence-corrected chi connectivity index (χ0v) is 10.4. The van der Waals surface area contributed by atoms with Crippen molar-refractivity contribution in [1.29, 1.82) is 0 Å². The minimum atomic E-state index is -0.990. The van der Waals surface area contributed by atoms with Gasteiger partial charge in [0.05, 0.1) is 18.6 Å². The second-order valence-corrected chi connectivity index (χ2v) is 4.03. The minimum absolute atomic E-state index is 0.0289. The Kier molecular flexibility index (Phi) is 4.52. The number of carbonyl (C=O) groups excluding carboxylic acids is 1. The fraction of sp³-hybridized carbons (Fsp3) is 0.333. The maximum absolute atomic E-state index is 11.8. The van der Waals surface area contributed by atoms with E-state index in [2.05, 4.69) is 0 Å². The lowest BCUT2D eigenvalue weighted by Crippen LogP contribution is -2.06. The summed E-state index contributed by atoms with van der Waals surface area (Å²) >= 11 is 5.91. The van der Waals surface area contributed by atoms with E-state index in [-0.39, 0.29) is 18.6 Å². The Morgan fingerprint density at radius 1 is 1.35 bits per heavy atom. The van der Waals surface area contributed by atoms with Gasteiger partial charge in [-0.3, -0.25) is 9.59 Å². The molecule has 0 saturated heterocycles. The van der Waals surface area contributed by atoms with Crippen molar-refractivity contribution in [2.24, 2.45) is 0 Å². The Bertz CT molecular complexity index is 454. The molecule has 0 heterocycles. The van der Waals surface area contributed by atoms with E-state index in [1.54, 1.807) is 13.0 Å². The van der Waals surface area contributed by atoms with Crippen molar-refractivity contribution < 1.29 is 19.4 Å². The molecule has 4 nitrogen and oxygen atoms in total. The van der Waals surface area contributed by atoms with Crippen LogP contribution in [0, 0.1) is 6.92 Å². The average molecular weight is 257 g/mol. The Morgan fingerprint density at radius 2 is 2.00 bits per heavy atom. The lowest BCUT2D eigenvalue weighted by molar-refractivity contribution is -0.136. The third-order valence-electron chi connectivity index (χ3n) is 2.37. The molecule has 0 unspecified atom stereocenters. The Morgan fingerprint density at radius 3 is 2.53 bits per heavy atom. The number of ether oxygens (including phenoxy) is 1. The summed E-state index contributed by atoms with van der Waals surface area (Å²) in [7, 11) is 1.49. The first kappa shape index (κ1) is 13.5. The molecule has 0 aliphatic carbocycles. The molecule has 0 saturated carbocycles. The van der Waals surface area contributed by atoms with Gasteiger partial charge in [-0.25, -0.2) is 0 Å². The van der Waals surface area contributed by atoms with Gasteiger partial charge in [-0.05, 0) is 24.6 Å². The molecule has 0 atom stereocenters. The summed E-state index contributed by atoms with van der Waals surface area (Å²) in [6, 6.07) is 3.18. The molecule has 1 aromatic carbocycles. The monoisotopic (exact) mass is 256 g/mol. The number of aryl methyl sites for hydroxylation is 1. The van der Waals surface area contributed by atoms with E-state index in [9.17, 15) is 9.59 Å². The number of halogens is 1. The fourth-order valence-electron chi connectivity index (χ4n) is 1.47. The van der Waals surface area contributed by atoms with E-state index < -0.39 is 5.97 Å². The fourth-order valence-corrected chi connectivity index (χ4v) is 1.71. The van der Waals surface area contributed by atoms with Crippen LogP contribution in [0.1, 0.15) is 28.8 Å². The van der Waals surface area contributed by atoms with E-state index in [1.165, 1.54) is 13.2 Å². The third kappa shape index (κ3) is 3.46. The standard InChI is InChI=1S/C12H13ClO4/c1-7-5-11(17-2)9(13)6-8(7)10(14)3-4-12(15)16/h5-6H,3-4H2,1-2H3,(H,15,16). The molecule has 0 aliphatic heterocycles. The first-order chi connectivity index (χ1) is 7.95. The maximum Gasteiger partial charge on any atom is 0.303 e. The summed E-state index contributed by atoms with van der Waals surface area (Å²) in [4.78, 5) is 22.1. The van der Waals surface area contributed by atoms with Gasteiger partial charge in [0.25, 0.3) is 0 Å². The first-order valence-electron chi connectivity index (χ1n) is 5.05. The van der Waals surface area contributed by atoms with E-state index in [1.807, 2.05) is 0 Å². The van der Waals surface area contributed by atoms with Crippen LogP contribution in [0.15, 0.2) is 12.1 Å². The summed E-state index contributed by atoms with van der Waals surface area (Å²) in [5.41, 5.74) is 1.17. The molecular weight excluding hydrogens is 244 g/mol. The third-order valence-corrected chi connectivity index (χ3v) is 2.66. The molecule has 1 rings (SSSR count). The molecule has 0 aromatic heterocycles. The van der Waals surface area contributed by atoms with Crippen molar-refractivity contribution in [1.82, 2.24) is 0 Å². The van der Waals surface area contributed by atoms with Crippen molar-refractivity contribution >= 4 is 23.4 Å². The van der Waals surface area contributed by atoms with Crippen LogP contribution in [0.25, 0.3) is 0 Å². The summed E-state index contributed by atoms with van der Waals surface area (Å²) in [6.45, 7) is 1.76. The lowest BCUT2D eigenvalue weighted by atomic mass is 10.0. The Balaban J connectivity index is 2.94. The number of aliphatic carboxylic acids is 1. The lowest BCUT2D eigenvalue weighted by Gasteiger charge is -2.08. The number of methoxy groups -OCH3 is 1.